The van der Waals surface area contributed by atoms with Crippen LogP contribution in [0.25, 0.3) is 0 Å². The number of fused-ring (bicyclic) bond motifs is 1. The molecule has 1 saturated heterocycles. The molecule has 1 fully saturated rings. The first-order chi connectivity index (χ1) is 20.9. The maximum atomic E-state index is 13.7. The van der Waals surface area contributed by atoms with Crippen LogP contribution in [0.1, 0.15) is 88.0 Å². The number of nitrogens with zero attached hydrogens (tertiary/aromatic N) is 1. The van der Waals surface area contributed by atoms with E-state index < -0.39 is 52.8 Å². The maximum Gasteiger partial charge on any atom is 0.430 e. The molecule has 0 aliphatic carbocycles. The Bertz CT molecular complexity index is 1400. The summed E-state index contributed by atoms with van der Waals surface area (Å²) in [6.07, 6.45) is -10.9. The molecule has 2 heterocycles. The second-order valence-electron chi connectivity index (χ2n) is 11.9. The molecule has 0 spiro atoms. The highest BCUT2D eigenvalue weighted by Crippen LogP contribution is 2.52. The van der Waals surface area contributed by atoms with Gasteiger partial charge >= 0.3 is 18.4 Å². The highest BCUT2D eigenvalue weighted by atomic mass is 19.4. The molecule has 4 rings (SSSR count). The Morgan fingerprint density at radius 2 is 1.51 bits per heavy atom. The average Bonchev–Trinajstić information content (AvgIpc) is 3.52. The molecule has 2 aromatic rings. The number of alkyl halides is 6. The fourth-order valence-electron chi connectivity index (χ4n) is 5.74. The standard InChI is InChI=1S/C31H37F6N3O5/c1-6-28(19-9-10-23-24(15-19)45-16-44-23)26(41)40(27(42)39-28)12-8-7-11-38-25-21(17(2)3)13-20(14-22(25)18(4)5)29(43,30(32,33)34)31(35,36)37/h9-10,13-15,17-18,38,43H,6-8,11-12,16H2,1-5H3,(H,39,42). The van der Waals surface area contributed by atoms with Crippen molar-refractivity contribution in [2.45, 2.75) is 89.2 Å². The molecule has 45 heavy (non-hydrogen) atoms. The van der Waals surface area contributed by atoms with Gasteiger partial charge in [-0.1, -0.05) is 40.7 Å². The molecule has 0 aromatic heterocycles. The van der Waals surface area contributed by atoms with E-state index in [1.807, 2.05) is 0 Å². The van der Waals surface area contributed by atoms with Crippen molar-refractivity contribution in [2.75, 3.05) is 25.2 Å². The van der Waals surface area contributed by atoms with Crippen LogP contribution in [0.2, 0.25) is 0 Å². The first kappa shape index (κ1) is 34.2. The third kappa shape index (κ3) is 6.00. The minimum Gasteiger partial charge on any atom is -0.454 e. The van der Waals surface area contributed by atoms with Gasteiger partial charge in [0.2, 0.25) is 6.79 Å². The van der Waals surface area contributed by atoms with Gasteiger partial charge in [-0.25, -0.2) is 4.79 Å². The largest absolute Gasteiger partial charge is 0.454 e. The SMILES string of the molecule is CCC1(c2ccc3c(c2)OCO3)NC(=O)N(CCCCNc2c(C(C)C)cc(C(O)(C(F)(F)F)C(F)(F)F)cc2C(C)C)C1=O. The van der Waals surface area contributed by atoms with Crippen molar-refractivity contribution >= 4 is 17.6 Å². The van der Waals surface area contributed by atoms with Crippen molar-refractivity contribution in [3.8, 4) is 11.5 Å². The molecule has 1 atom stereocenters. The Labute approximate surface area is 257 Å². The number of carbonyl (C=O) groups excluding carboxylic acids is 2. The van der Waals surface area contributed by atoms with Gasteiger partial charge in [-0.05, 0) is 72.1 Å². The van der Waals surface area contributed by atoms with Crippen molar-refractivity contribution in [3.63, 3.8) is 0 Å². The predicted octanol–water partition coefficient (Wildman–Crippen LogP) is 7.02. The van der Waals surface area contributed by atoms with Crippen LogP contribution in [-0.4, -0.2) is 54.2 Å². The molecule has 248 valence electrons. The number of halogens is 6. The smallest absolute Gasteiger partial charge is 0.430 e. The quantitative estimate of drug-likeness (QED) is 0.138. The van der Waals surface area contributed by atoms with Crippen LogP contribution < -0.4 is 20.1 Å². The lowest BCUT2D eigenvalue weighted by Crippen LogP contribution is -2.54. The van der Waals surface area contributed by atoms with Crippen LogP contribution in [-0.2, 0) is 15.9 Å². The van der Waals surface area contributed by atoms with E-state index in [4.69, 9.17) is 9.47 Å². The molecule has 0 radical (unpaired) electrons. The fourth-order valence-corrected chi connectivity index (χ4v) is 5.74. The third-order valence-electron chi connectivity index (χ3n) is 8.36. The molecular weight excluding hydrogens is 608 g/mol. The van der Waals surface area contributed by atoms with Gasteiger partial charge in [0.15, 0.2) is 11.5 Å². The van der Waals surface area contributed by atoms with Crippen LogP contribution in [0.3, 0.4) is 0 Å². The predicted molar refractivity (Wildman–Crippen MR) is 153 cm³/mol. The van der Waals surface area contributed by atoms with Gasteiger partial charge in [-0.2, -0.15) is 26.3 Å². The minimum absolute atomic E-state index is 0.0587. The molecule has 3 N–H and O–H groups in total. The molecule has 1 unspecified atom stereocenters. The number of ether oxygens (including phenoxy) is 2. The van der Waals surface area contributed by atoms with Crippen LogP contribution in [0, 0.1) is 0 Å². The highest BCUT2D eigenvalue weighted by Gasteiger charge is 2.71. The highest BCUT2D eigenvalue weighted by molar-refractivity contribution is 6.07. The lowest BCUT2D eigenvalue weighted by atomic mass is 9.83. The molecule has 3 amide bonds. The number of nitrogens with one attached hydrogen (secondary N) is 2. The van der Waals surface area contributed by atoms with Crippen LogP contribution in [0.5, 0.6) is 11.5 Å². The van der Waals surface area contributed by atoms with Crippen LogP contribution in [0.15, 0.2) is 30.3 Å². The zero-order chi connectivity index (χ0) is 33.5. The van der Waals surface area contributed by atoms with E-state index in [0.29, 0.717) is 42.0 Å². The number of urea groups is 1. The van der Waals surface area contributed by atoms with Crippen molar-refractivity contribution in [2.24, 2.45) is 0 Å². The van der Waals surface area contributed by atoms with Crippen molar-refractivity contribution in [3.05, 3.63) is 52.6 Å². The molecule has 14 heteroatoms. The van der Waals surface area contributed by atoms with E-state index in [0.717, 1.165) is 17.0 Å². The Kier molecular flexibility index (Phi) is 9.31. The Morgan fingerprint density at radius 1 is 0.933 bits per heavy atom. The monoisotopic (exact) mass is 645 g/mol. The Morgan fingerprint density at radius 3 is 2.04 bits per heavy atom. The van der Waals surface area contributed by atoms with E-state index in [9.17, 15) is 41.0 Å². The summed E-state index contributed by atoms with van der Waals surface area (Å²) in [4.78, 5) is 27.5. The van der Waals surface area contributed by atoms with E-state index in [2.05, 4.69) is 10.6 Å². The summed E-state index contributed by atoms with van der Waals surface area (Å²) in [5.41, 5.74) is -6.28. The summed E-state index contributed by atoms with van der Waals surface area (Å²) in [6.45, 7) is 8.72. The first-order valence-corrected chi connectivity index (χ1v) is 14.7. The third-order valence-corrected chi connectivity index (χ3v) is 8.36. The van der Waals surface area contributed by atoms with Gasteiger partial charge in [0.1, 0.15) is 5.54 Å². The van der Waals surface area contributed by atoms with Gasteiger partial charge in [-0.15, -0.1) is 0 Å². The minimum atomic E-state index is -6.00. The van der Waals surface area contributed by atoms with Crippen molar-refractivity contribution < 1.29 is 50.5 Å². The normalized spacial score (nSPS) is 18.8. The topological polar surface area (TPSA) is 100 Å². The molecule has 0 bridgehead atoms. The number of hydrogen-bond acceptors (Lipinski definition) is 6. The number of benzene rings is 2. The Hall–Kier alpha value is -3.68. The number of rotatable bonds is 11. The number of aliphatic hydroxyl groups is 1. The molecule has 2 aliphatic heterocycles. The summed E-state index contributed by atoms with van der Waals surface area (Å²) in [7, 11) is 0. The number of anilines is 1. The summed E-state index contributed by atoms with van der Waals surface area (Å²) < 4.78 is 92.9. The summed E-state index contributed by atoms with van der Waals surface area (Å²) >= 11 is 0. The first-order valence-electron chi connectivity index (χ1n) is 14.7. The molecular formula is C31H37F6N3O5. The van der Waals surface area contributed by atoms with Gasteiger partial charge < -0.3 is 25.2 Å². The van der Waals surface area contributed by atoms with Gasteiger partial charge in [0, 0.05) is 24.3 Å². The lowest BCUT2D eigenvalue weighted by Gasteiger charge is -2.34. The zero-order valence-corrected chi connectivity index (χ0v) is 25.6. The lowest BCUT2D eigenvalue weighted by molar-refractivity contribution is -0.376. The molecule has 8 nitrogen and oxygen atoms in total. The van der Waals surface area contributed by atoms with Crippen molar-refractivity contribution in [1.29, 1.82) is 0 Å². The number of hydrogen-bond donors (Lipinski definition) is 3. The second kappa shape index (κ2) is 12.3. The fraction of sp³-hybridized carbons (Fsp3) is 0.548. The molecule has 2 aliphatic rings. The van der Waals surface area contributed by atoms with Crippen LogP contribution >= 0.6 is 0 Å². The molecule has 2 aromatic carbocycles. The maximum absolute atomic E-state index is 13.7. The second-order valence-corrected chi connectivity index (χ2v) is 11.9. The van der Waals surface area contributed by atoms with E-state index in [1.165, 1.54) is 0 Å². The summed E-state index contributed by atoms with van der Waals surface area (Å²) in [5, 5.41) is 16.0. The Balaban J connectivity index is 1.49. The zero-order valence-electron chi connectivity index (χ0n) is 25.6. The van der Waals surface area contributed by atoms with Crippen molar-refractivity contribution in [1.82, 2.24) is 10.2 Å². The van der Waals surface area contributed by atoms with Gasteiger partial charge in [0.05, 0.1) is 0 Å². The van der Waals surface area contributed by atoms with Crippen LogP contribution in [0.4, 0.5) is 36.8 Å². The number of unbranched alkanes of at least 4 members (excludes halogenated alkanes) is 1. The van der Waals surface area contributed by atoms with E-state index >= 15 is 0 Å². The van der Waals surface area contributed by atoms with E-state index in [1.54, 1.807) is 52.8 Å². The average molecular weight is 646 g/mol. The number of imide groups is 1. The molecule has 0 saturated carbocycles. The van der Waals surface area contributed by atoms with Gasteiger partial charge in [-0.3, -0.25) is 9.69 Å². The number of carbonyl (C=O) groups is 2. The van der Waals surface area contributed by atoms with Gasteiger partial charge in [0.25, 0.3) is 11.5 Å². The number of amides is 3. The summed E-state index contributed by atoms with van der Waals surface area (Å²) in [5.74, 6) is -0.371. The van der Waals surface area contributed by atoms with E-state index in [-0.39, 0.29) is 31.0 Å². The summed E-state index contributed by atoms with van der Waals surface area (Å²) in [6, 6.07) is 6.02.